The second kappa shape index (κ2) is 7.02. The summed E-state index contributed by atoms with van der Waals surface area (Å²) in [6, 6.07) is 13.9. The van der Waals surface area contributed by atoms with Crippen LogP contribution in [0.15, 0.2) is 36.4 Å². The Hall–Kier alpha value is -1.38. The molecule has 0 atom stereocenters. The second-order valence-corrected chi connectivity index (χ2v) is 7.22. The predicted molar refractivity (Wildman–Crippen MR) is 97.9 cm³/mol. The Balaban J connectivity index is 1.67. The summed E-state index contributed by atoms with van der Waals surface area (Å²) in [6.45, 7) is 5.98. The van der Waals surface area contributed by atoms with Gasteiger partial charge in [-0.2, -0.15) is 0 Å². The van der Waals surface area contributed by atoms with E-state index in [1.54, 1.807) is 5.56 Å². The molecule has 2 saturated heterocycles. The molecule has 2 heteroatoms. The highest BCUT2D eigenvalue weighted by molar-refractivity contribution is 5.89. The van der Waals surface area contributed by atoms with Crippen molar-refractivity contribution >= 4 is 10.8 Å². The van der Waals surface area contributed by atoms with Gasteiger partial charge in [0.15, 0.2) is 0 Å². The van der Waals surface area contributed by atoms with Gasteiger partial charge in [-0.15, -0.1) is 0 Å². The van der Waals surface area contributed by atoms with Crippen molar-refractivity contribution in [1.82, 2.24) is 10.2 Å². The smallest absolute Gasteiger partial charge is 0.0239 e. The maximum atomic E-state index is 3.49. The Morgan fingerprint density at radius 3 is 2.39 bits per heavy atom. The zero-order valence-corrected chi connectivity index (χ0v) is 14.1. The lowest BCUT2D eigenvalue weighted by atomic mass is 9.85. The third kappa shape index (κ3) is 3.29. The molecule has 0 spiro atoms. The van der Waals surface area contributed by atoms with Crippen molar-refractivity contribution in [1.29, 1.82) is 0 Å². The number of rotatable bonds is 3. The monoisotopic (exact) mass is 308 g/mol. The van der Waals surface area contributed by atoms with Crippen molar-refractivity contribution in [3.8, 4) is 0 Å². The molecule has 0 saturated carbocycles. The van der Waals surface area contributed by atoms with E-state index >= 15 is 0 Å². The first-order valence-electron chi connectivity index (χ1n) is 9.35. The van der Waals surface area contributed by atoms with Gasteiger partial charge in [0, 0.05) is 6.54 Å². The molecule has 4 rings (SSSR count). The fourth-order valence-corrected chi connectivity index (χ4v) is 4.37. The highest BCUT2D eigenvalue weighted by atomic mass is 15.1. The fraction of sp³-hybridized carbons (Fsp3) is 0.524. The molecule has 0 bridgehead atoms. The van der Waals surface area contributed by atoms with Crippen LogP contribution in [0.1, 0.15) is 49.1 Å². The van der Waals surface area contributed by atoms with Gasteiger partial charge in [0.2, 0.25) is 0 Å². The van der Waals surface area contributed by atoms with E-state index in [2.05, 4.69) is 46.6 Å². The first kappa shape index (κ1) is 15.2. The lowest BCUT2D eigenvalue weighted by molar-refractivity contribution is 0.221. The van der Waals surface area contributed by atoms with E-state index in [9.17, 15) is 0 Å². The van der Waals surface area contributed by atoms with Gasteiger partial charge in [-0.1, -0.05) is 42.8 Å². The number of hydrogen-bond acceptors (Lipinski definition) is 2. The number of likely N-dealkylation sites (tertiary alicyclic amines) is 1. The van der Waals surface area contributed by atoms with Gasteiger partial charge in [-0.3, -0.25) is 4.90 Å². The Morgan fingerprint density at radius 1 is 0.870 bits per heavy atom. The van der Waals surface area contributed by atoms with E-state index < -0.39 is 0 Å². The number of benzene rings is 2. The zero-order valence-electron chi connectivity index (χ0n) is 14.1. The SMILES string of the molecule is c1ccc2c(C3CCNCC3)ccc(CN3CCCCC3)c2c1. The van der Waals surface area contributed by atoms with Gasteiger partial charge in [0.05, 0.1) is 0 Å². The molecular weight excluding hydrogens is 280 g/mol. The minimum Gasteiger partial charge on any atom is -0.317 e. The summed E-state index contributed by atoms with van der Waals surface area (Å²) in [7, 11) is 0. The molecule has 0 unspecified atom stereocenters. The third-order valence-electron chi connectivity index (χ3n) is 5.67. The Bertz CT molecular complexity index is 652. The Kier molecular flexibility index (Phi) is 4.63. The van der Waals surface area contributed by atoms with Crippen LogP contribution in [0.3, 0.4) is 0 Å². The van der Waals surface area contributed by atoms with Crippen molar-refractivity contribution in [3.05, 3.63) is 47.5 Å². The molecule has 2 heterocycles. The summed E-state index contributed by atoms with van der Waals surface area (Å²) in [4.78, 5) is 2.63. The van der Waals surface area contributed by atoms with Crippen molar-refractivity contribution < 1.29 is 0 Å². The summed E-state index contributed by atoms with van der Waals surface area (Å²) in [5.74, 6) is 0.727. The van der Waals surface area contributed by atoms with Gasteiger partial charge in [0.1, 0.15) is 0 Å². The molecule has 2 aliphatic heterocycles. The average Bonchev–Trinajstić information content (AvgIpc) is 2.64. The average molecular weight is 308 g/mol. The number of fused-ring (bicyclic) bond motifs is 1. The molecule has 2 aliphatic rings. The van der Waals surface area contributed by atoms with Crippen LogP contribution < -0.4 is 5.32 Å². The summed E-state index contributed by atoms with van der Waals surface area (Å²) in [5, 5.41) is 6.47. The minimum atomic E-state index is 0.727. The van der Waals surface area contributed by atoms with Crippen molar-refractivity contribution in [2.45, 2.75) is 44.6 Å². The first-order valence-corrected chi connectivity index (χ1v) is 9.35. The third-order valence-corrected chi connectivity index (χ3v) is 5.67. The molecule has 2 aromatic rings. The number of piperidine rings is 2. The standard InChI is InChI=1S/C21H28N2/c1-4-14-23(15-5-1)16-18-8-9-20(17-10-12-22-13-11-17)21-7-3-2-6-19(18)21/h2-3,6-9,17,22H,1,4-5,10-16H2. The molecule has 122 valence electrons. The Morgan fingerprint density at radius 2 is 1.61 bits per heavy atom. The number of nitrogens with one attached hydrogen (secondary N) is 1. The normalized spacial score (nSPS) is 20.9. The van der Waals surface area contributed by atoms with Crippen LogP contribution in [0.25, 0.3) is 10.8 Å². The molecule has 0 aromatic heterocycles. The van der Waals surface area contributed by atoms with Crippen LogP contribution in [0.2, 0.25) is 0 Å². The Labute approximate surface area is 139 Å². The van der Waals surface area contributed by atoms with E-state index in [0.29, 0.717) is 0 Å². The van der Waals surface area contributed by atoms with E-state index in [1.165, 1.54) is 61.5 Å². The number of nitrogens with zero attached hydrogens (tertiary/aromatic N) is 1. The maximum absolute atomic E-state index is 3.49. The lowest BCUT2D eigenvalue weighted by Gasteiger charge is -2.28. The van der Waals surface area contributed by atoms with Gasteiger partial charge in [-0.05, 0) is 79.7 Å². The molecule has 0 radical (unpaired) electrons. The molecule has 2 aromatic carbocycles. The van der Waals surface area contributed by atoms with E-state index in [1.807, 2.05) is 0 Å². The molecule has 1 N–H and O–H groups in total. The molecule has 2 nitrogen and oxygen atoms in total. The van der Waals surface area contributed by atoms with Crippen LogP contribution >= 0.6 is 0 Å². The predicted octanol–water partition coefficient (Wildman–Crippen LogP) is 4.29. The van der Waals surface area contributed by atoms with Crippen LogP contribution in [0, 0.1) is 0 Å². The molecule has 0 amide bonds. The molecule has 23 heavy (non-hydrogen) atoms. The quantitative estimate of drug-likeness (QED) is 0.910. The van der Waals surface area contributed by atoms with Gasteiger partial charge in [0.25, 0.3) is 0 Å². The van der Waals surface area contributed by atoms with Crippen LogP contribution in [-0.2, 0) is 6.54 Å². The minimum absolute atomic E-state index is 0.727. The van der Waals surface area contributed by atoms with Crippen LogP contribution in [0.5, 0.6) is 0 Å². The van der Waals surface area contributed by atoms with Gasteiger partial charge in [-0.25, -0.2) is 0 Å². The molecule has 0 aliphatic carbocycles. The summed E-state index contributed by atoms with van der Waals surface area (Å²) >= 11 is 0. The maximum Gasteiger partial charge on any atom is 0.0239 e. The second-order valence-electron chi connectivity index (χ2n) is 7.22. The highest BCUT2D eigenvalue weighted by Crippen LogP contribution is 2.33. The van der Waals surface area contributed by atoms with Gasteiger partial charge >= 0.3 is 0 Å². The largest absolute Gasteiger partial charge is 0.317 e. The molecule has 2 fully saturated rings. The van der Waals surface area contributed by atoms with E-state index in [-0.39, 0.29) is 0 Å². The van der Waals surface area contributed by atoms with Crippen LogP contribution in [0.4, 0.5) is 0 Å². The van der Waals surface area contributed by atoms with Crippen molar-refractivity contribution in [2.75, 3.05) is 26.2 Å². The summed E-state index contributed by atoms with van der Waals surface area (Å²) < 4.78 is 0. The van der Waals surface area contributed by atoms with Crippen molar-refractivity contribution in [3.63, 3.8) is 0 Å². The number of hydrogen-bond donors (Lipinski definition) is 1. The van der Waals surface area contributed by atoms with E-state index in [4.69, 9.17) is 0 Å². The van der Waals surface area contributed by atoms with Gasteiger partial charge < -0.3 is 5.32 Å². The van der Waals surface area contributed by atoms with Crippen LogP contribution in [-0.4, -0.2) is 31.1 Å². The summed E-state index contributed by atoms with van der Waals surface area (Å²) in [5.41, 5.74) is 3.09. The first-order chi connectivity index (χ1) is 11.4. The highest BCUT2D eigenvalue weighted by Gasteiger charge is 2.19. The summed E-state index contributed by atoms with van der Waals surface area (Å²) in [6.07, 6.45) is 6.69. The zero-order chi connectivity index (χ0) is 15.5. The molecular formula is C21H28N2. The van der Waals surface area contributed by atoms with E-state index in [0.717, 1.165) is 25.6 Å². The lowest BCUT2D eigenvalue weighted by Crippen LogP contribution is -2.29. The topological polar surface area (TPSA) is 15.3 Å². The fourth-order valence-electron chi connectivity index (χ4n) is 4.37. The van der Waals surface area contributed by atoms with Crippen molar-refractivity contribution in [2.24, 2.45) is 0 Å².